The summed E-state index contributed by atoms with van der Waals surface area (Å²) in [4.78, 5) is 4.29. The van der Waals surface area contributed by atoms with Gasteiger partial charge in [-0.05, 0) is 25.0 Å². The lowest BCUT2D eigenvalue weighted by Crippen LogP contribution is -2.16. The minimum absolute atomic E-state index is 0.00456. The van der Waals surface area contributed by atoms with Crippen LogP contribution in [0.5, 0.6) is 0 Å². The van der Waals surface area contributed by atoms with Gasteiger partial charge in [0, 0.05) is 17.0 Å². The molecule has 2 rings (SSSR count). The molecule has 0 spiro atoms. The molecule has 0 atom stereocenters. The summed E-state index contributed by atoms with van der Waals surface area (Å²) in [7, 11) is -3.37. The number of hydrogen-bond donors (Lipinski definition) is 1. The number of benzene rings is 1. The van der Waals surface area contributed by atoms with E-state index in [0.29, 0.717) is 29.6 Å². The van der Waals surface area contributed by atoms with Gasteiger partial charge in [0.25, 0.3) is 0 Å². The van der Waals surface area contributed by atoms with Crippen molar-refractivity contribution in [3.63, 3.8) is 0 Å². The molecule has 114 valence electrons. The maximum absolute atomic E-state index is 10.8. The van der Waals surface area contributed by atoms with E-state index in [1.54, 1.807) is 12.1 Å². The highest BCUT2D eigenvalue weighted by Gasteiger charge is 2.09. The molecule has 21 heavy (non-hydrogen) atoms. The van der Waals surface area contributed by atoms with Crippen LogP contribution >= 0.6 is 11.6 Å². The molecule has 0 saturated carbocycles. The van der Waals surface area contributed by atoms with E-state index in [1.807, 2.05) is 12.1 Å². The zero-order valence-electron chi connectivity index (χ0n) is 11.3. The molecular formula is C13H16ClN3O3S. The molecule has 1 aromatic carbocycles. The highest BCUT2D eigenvalue weighted by molar-refractivity contribution is 7.89. The van der Waals surface area contributed by atoms with Crippen LogP contribution in [0.25, 0.3) is 11.4 Å². The number of primary sulfonamides is 1. The summed E-state index contributed by atoms with van der Waals surface area (Å²) < 4.78 is 26.7. The van der Waals surface area contributed by atoms with E-state index in [0.717, 1.165) is 18.4 Å². The molecule has 0 bridgehead atoms. The topological polar surface area (TPSA) is 99.1 Å². The molecule has 0 aliphatic rings. The Labute approximate surface area is 128 Å². The highest BCUT2D eigenvalue weighted by atomic mass is 35.5. The van der Waals surface area contributed by atoms with Gasteiger partial charge in [0.2, 0.25) is 21.7 Å². The summed E-state index contributed by atoms with van der Waals surface area (Å²) in [5, 5.41) is 9.45. The summed E-state index contributed by atoms with van der Waals surface area (Å²) in [6.07, 6.45) is 2.66. The first-order chi connectivity index (χ1) is 9.94. The second kappa shape index (κ2) is 7.02. The first-order valence-electron chi connectivity index (χ1n) is 6.53. The Morgan fingerprint density at radius 3 is 2.76 bits per heavy atom. The minimum atomic E-state index is -3.37. The molecule has 8 heteroatoms. The predicted octanol–water partition coefficient (Wildman–Crippen LogP) is 2.39. The van der Waals surface area contributed by atoms with Gasteiger partial charge in [-0.15, -0.1) is 0 Å². The molecule has 0 aliphatic carbocycles. The molecule has 2 N–H and O–H groups in total. The summed E-state index contributed by atoms with van der Waals surface area (Å²) in [6, 6.07) is 7.22. The number of aromatic nitrogens is 2. The molecule has 6 nitrogen and oxygen atoms in total. The molecule has 0 unspecified atom stereocenters. The van der Waals surface area contributed by atoms with Crippen LogP contribution in [-0.2, 0) is 16.4 Å². The van der Waals surface area contributed by atoms with Crippen LogP contribution < -0.4 is 5.14 Å². The van der Waals surface area contributed by atoms with Gasteiger partial charge in [-0.3, -0.25) is 0 Å². The SMILES string of the molecule is NS(=O)(=O)CCCCCc1nc(-c2cccc(Cl)c2)no1. The van der Waals surface area contributed by atoms with E-state index >= 15 is 0 Å². The standard InChI is InChI=1S/C13H16ClN3O3S/c14-11-6-4-5-10(9-11)13-16-12(20-17-13)7-2-1-3-8-21(15,18)19/h4-6,9H,1-3,7-8H2,(H2,15,18,19). The molecule has 0 fully saturated rings. The number of sulfonamides is 1. The van der Waals surface area contributed by atoms with Crippen molar-refractivity contribution in [3.05, 3.63) is 35.2 Å². The van der Waals surface area contributed by atoms with Gasteiger partial charge in [-0.1, -0.05) is 35.3 Å². The lowest BCUT2D eigenvalue weighted by Gasteiger charge is -1.97. The fraction of sp³-hybridized carbons (Fsp3) is 0.385. The predicted molar refractivity (Wildman–Crippen MR) is 80.3 cm³/mol. The third kappa shape index (κ3) is 5.45. The van der Waals surface area contributed by atoms with Crippen molar-refractivity contribution < 1.29 is 12.9 Å². The molecule has 1 heterocycles. The first-order valence-corrected chi connectivity index (χ1v) is 8.62. The van der Waals surface area contributed by atoms with Crippen molar-refractivity contribution in [2.45, 2.75) is 25.7 Å². The lowest BCUT2D eigenvalue weighted by atomic mass is 10.2. The van der Waals surface area contributed by atoms with E-state index in [9.17, 15) is 8.42 Å². The fourth-order valence-electron chi connectivity index (χ4n) is 1.86. The summed E-state index contributed by atoms with van der Waals surface area (Å²) in [5.74, 6) is 1.03. The smallest absolute Gasteiger partial charge is 0.226 e. The molecule has 2 aromatic rings. The zero-order valence-corrected chi connectivity index (χ0v) is 12.9. The molecular weight excluding hydrogens is 314 g/mol. The number of aryl methyl sites for hydroxylation is 1. The van der Waals surface area contributed by atoms with E-state index in [2.05, 4.69) is 10.1 Å². The van der Waals surface area contributed by atoms with E-state index in [-0.39, 0.29) is 5.75 Å². The van der Waals surface area contributed by atoms with Crippen LogP contribution in [0.3, 0.4) is 0 Å². The van der Waals surface area contributed by atoms with Crippen molar-refractivity contribution >= 4 is 21.6 Å². The number of nitrogens with zero attached hydrogens (tertiary/aromatic N) is 2. The van der Waals surface area contributed by atoms with Crippen molar-refractivity contribution in [2.24, 2.45) is 5.14 Å². The van der Waals surface area contributed by atoms with Crippen LogP contribution in [0, 0.1) is 0 Å². The second-order valence-corrected chi connectivity index (χ2v) is 6.87. The summed E-state index contributed by atoms with van der Waals surface area (Å²) >= 11 is 5.91. The number of rotatable bonds is 7. The average Bonchev–Trinajstić information content (AvgIpc) is 2.86. The van der Waals surface area contributed by atoms with Gasteiger partial charge in [0.05, 0.1) is 5.75 Å². The Morgan fingerprint density at radius 1 is 1.24 bits per heavy atom. The van der Waals surface area contributed by atoms with Gasteiger partial charge < -0.3 is 4.52 Å². The third-order valence-corrected chi connectivity index (χ3v) is 3.96. The maximum Gasteiger partial charge on any atom is 0.226 e. The third-order valence-electron chi connectivity index (χ3n) is 2.87. The summed E-state index contributed by atoms with van der Waals surface area (Å²) in [6.45, 7) is 0. The van der Waals surface area contributed by atoms with E-state index < -0.39 is 10.0 Å². The van der Waals surface area contributed by atoms with Crippen LogP contribution in [0.15, 0.2) is 28.8 Å². The first kappa shape index (κ1) is 15.9. The molecule has 0 radical (unpaired) electrons. The number of hydrogen-bond acceptors (Lipinski definition) is 5. The number of halogens is 1. The second-order valence-electron chi connectivity index (χ2n) is 4.70. The Bertz CT molecular complexity index is 700. The molecule has 0 saturated heterocycles. The Balaban J connectivity index is 1.84. The zero-order chi connectivity index (χ0) is 15.3. The van der Waals surface area contributed by atoms with Crippen molar-refractivity contribution in [1.29, 1.82) is 0 Å². The van der Waals surface area contributed by atoms with Crippen LogP contribution in [0.2, 0.25) is 5.02 Å². The minimum Gasteiger partial charge on any atom is -0.339 e. The average molecular weight is 330 g/mol. The number of unbranched alkanes of at least 4 members (excludes halogenated alkanes) is 2. The van der Waals surface area contributed by atoms with Crippen molar-refractivity contribution in [1.82, 2.24) is 10.1 Å². The Morgan fingerprint density at radius 2 is 2.05 bits per heavy atom. The van der Waals surface area contributed by atoms with Crippen molar-refractivity contribution in [3.8, 4) is 11.4 Å². The quantitative estimate of drug-likeness (QED) is 0.786. The highest BCUT2D eigenvalue weighted by Crippen LogP contribution is 2.20. The monoisotopic (exact) mass is 329 g/mol. The summed E-state index contributed by atoms with van der Waals surface area (Å²) in [5.41, 5.74) is 0.798. The van der Waals surface area contributed by atoms with Crippen molar-refractivity contribution in [2.75, 3.05) is 5.75 Å². The fourth-order valence-corrected chi connectivity index (χ4v) is 2.65. The maximum atomic E-state index is 10.8. The Kier molecular flexibility index (Phi) is 5.33. The lowest BCUT2D eigenvalue weighted by molar-refractivity contribution is 0.374. The molecule has 0 aliphatic heterocycles. The van der Waals surface area contributed by atoms with Gasteiger partial charge in [-0.25, -0.2) is 13.6 Å². The van der Waals surface area contributed by atoms with Gasteiger partial charge in [0.1, 0.15) is 0 Å². The van der Waals surface area contributed by atoms with Crippen LogP contribution in [0.1, 0.15) is 25.2 Å². The largest absolute Gasteiger partial charge is 0.339 e. The van der Waals surface area contributed by atoms with Crippen LogP contribution in [0.4, 0.5) is 0 Å². The van der Waals surface area contributed by atoms with Crippen LogP contribution in [-0.4, -0.2) is 24.3 Å². The van der Waals surface area contributed by atoms with E-state index in [1.165, 1.54) is 0 Å². The normalized spacial score (nSPS) is 11.7. The Hall–Kier alpha value is -1.44. The van der Waals surface area contributed by atoms with Gasteiger partial charge >= 0.3 is 0 Å². The van der Waals surface area contributed by atoms with Gasteiger partial charge in [-0.2, -0.15) is 4.98 Å². The number of nitrogens with two attached hydrogens (primary N) is 1. The van der Waals surface area contributed by atoms with Gasteiger partial charge in [0.15, 0.2) is 0 Å². The van der Waals surface area contributed by atoms with E-state index in [4.69, 9.17) is 21.3 Å². The molecule has 1 aromatic heterocycles. The molecule has 0 amide bonds.